The summed E-state index contributed by atoms with van der Waals surface area (Å²) < 4.78 is 40.6. The van der Waals surface area contributed by atoms with Crippen LogP contribution < -0.4 is 15.0 Å². The fourth-order valence-corrected chi connectivity index (χ4v) is 3.34. The van der Waals surface area contributed by atoms with Crippen LogP contribution in [0.2, 0.25) is 0 Å². The van der Waals surface area contributed by atoms with Crippen molar-refractivity contribution in [1.82, 2.24) is 4.90 Å². The molecule has 0 saturated carbocycles. The number of ether oxygens (including phenoxy) is 1. The number of rotatable bonds is 4. The van der Waals surface area contributed by atoms with E-state index >= 15 is 0 Å². The number of likely N-dealkylation sites (N-methyl/N-ethyl adjacent to an activating group) is 1. The maximum absolute atomic E-state index is 13.0. The van der Waals surface area contributed by atoms with E-state index in [-0.39, 0.29) is 24.4 Å². The second kappa shape index (κ2) is 8.66. The van der Waals surface area contributed by atoms with Crippen molar-refractivity contribution in [2.24, 2.45) is 0 Å². The molecule has 3 rings (SSSR count). The van der Waals surface area contributed by atoms with Crippen molar-refractivity contribution in [1.29, 1.82) is 0 Å². The Morgan fingerprint density at radius 3 is 2.45 bits per heavy atom. The maximum atomic E-state index is 13.0. The van der Waals surface area contributed by atoms with Gasteiger partial charge in [0, 0.05) is 25.1 Å². The molecule has 7 nitrogen and oxygen atoms in total. The fraction of sp³-hybridized carbons (Fsp3) is 0.286. The lowest BCUT2D eigenvalue weighted by Crippen LogP contribution is -2.45. The monoisotopic (exact) mass is 435 g/mol. The number of halogens is 3. The van der Waals surface area contributed by atoms with Gasteiger partial charge in [-0.2, -0.15) is 0 Å². The average Bonchev–Trinajstić information content (AvgIpc) is 2.80. The van der Waals surface area contributed by atoms with Crippen molar-refractivity contribution in [2.75, 3.05) is 23.8 Å². The van der Waals surface area contributed by atoms with Gasteiger partial charge in [-0.25, -0.2) is 0 Å². The quantitative estimate of drug-likeness (QED) is 0.798. The Balaban J connectivity index is 1.74. The summed E-state index contributed by atoms with van der Waals surface area (Å²) in [5.74, 6) is -1.61. The van der Waals surface area contributed by atoms with Crippen LogP contribution in [0, 0.1) is 0 Å². The molecule has 164 valence electrons. The summed E-state index contributed by atoms with van der Waals surface area (Å²) in [6, 6.07) is 10.9. The van der Waals surface area contributed by atoms with Crippen LogP contribution in [0.5, 0.6) is 5.75 Å². The van der Waals surface area contributed by atoms with Crippen LogP contribution in [0.3, 0.4) is 0 Å². The summed E-state index contributed by atoms with van der Waals surface area (Å²) in [5.41, 5.74) is 1.13. The fourth-order valence-electron chi connectivity index (χ4n) is 3.34. The van der Waals surface area contributed by atoms with E-state index in [0.717, 1.165) is 17.0 Å². The van der Waals surface area contributed by atoms with Gasteiger partial charge < -0.3 is 19.9 Å². The summed E-state index contributed by atoms with van der Waals surface area (Å²) in [7, 11) is 1.41. The number of benzene rings is 2. The van der Waals surface area contributed by atoms with Crippen molar-refractivity contribution in [2.45, 2.75) is 25.7 Å². The summed E-state index contributed by atoms with van der Waals surface area (Å²) in [5, 5.41) is 2.76. The lowest BCUT2D eigenvalue weighted by Gasteiger charge is -2.29. The molecule has 0 aliphatic carbocycles. The molecule has 2 aromatic rings. The molecular formula is C21H20F3N3O4. The Bertz CT molecular complexity index is 992. The molecule has 1 heterocycles. The molecule has 1 N–H and O–H groups in total. The van der Waals surface area contributed by atoms with Crippen LogP contribution in [-0.2, 0) is 9.59 Å². The number of hydrogen-bond acceptors (Lipinski definition) is 4. The minimum absolute atomic E-state index is 0.0960. The van der Waals surface area contributed by atoms with E-state index in [9.17, 15) is 27.6 Å². The Morgan fingerprint density at radius 1 is 1.16 bits per heavy atom. The minimum Gasteiger partial charge on any atom is -0.406 e. The summed E-state index contributed by atoms with van der Waals surface area (Å²) in [4.78, 5) is 40.4. The van der Waals surface area contributed by atoms with Gasteiger partial charge in [-0.3, -0.25) is 14.4 Å². The van der Waals surface area contributed by atoms with Crippen molar-refractivity contribution < 1.29 is 32.3 Å². The molecular weight excluding hydrogens is 415 g/mol. The number of anilines is 2. The third-order valence-electron chi connectivity index (χ3n) is 4.68. The highest BCUT2D eigenvalue weighted by Crippen LogP contribution is 2.31. The maximum Gasteiger partial charge on any atom is 0.573 e. The normalized spacial score (nSPS) is 16.1. The van der Waals surface area contributed by atoms with Gasteiger partial charge in [0.1, 0.15) is 12.3 Å². The molecule has 1 atom stereocenters. The van der Waals surface area contributed by atoms with E-state index in [0.29, 0.717) is 11.4 Å². The van der Waals surface area contributed by atoms with E-state index in [1.165, 1.54) is 24.1 Å². The third-order valence-corrected chi connectivity index (χ3v) is 4.68. The Morgan fingerprint density at radius 2 is 1.81 bits per heavy atom. The minimum atomic E-state index is -4.83. The molecule has 1 aliphatic heterocycles. The molecule has 10 heteroatoms. The number of amides is 3. The Labute approximate surface area is 176 Å². The van der Waals surface area contributed by atoms with Crippen LogP contribution in [0.1, 0.15) is 23.7 Å². The topological polar surface area (TPSA) is 79.0 Å². The first kappa shape index (κ1) is 22.1. The number of nitrogens with one attached hydrogen (secondary N) is 1. The van der Waals surface area contributed by atoms with Crippen molar-refractivity contribution >= 4 is 29.1 Å². The van der Waals surface area contributed by atoms with E-state index in [4.69, 9.17) is 0 Å². The van der Waals surface area contributed by atoms with Crippen LogP contribution in [0.25, 0.3) is 0 Å². The number of nitrogens with zero attached hydrogens (tertiary/aromatic N) is 2. The van der Waals surface area contributed by atoms with Gasteiger partial charge in [-0.15, -0.1) is 13.2 Å². The SMILES string of the molecule is C[C@H]1CC(=O)Nc2ccccc2N1C(=O)CN(C)C(=O)c1ccc(OC(F)(F)F)cc1. The highest BCUT2D eigenvalue weighted by Gasteiger charge is 2.32. The lowest BCUT2D eigenvalue weighted by atomic mass is 10.1. The smallest absolute Gasteiger partial charge is 0.406 e. The van der Waals surface area contributed by atoms with Gasteiger partial charge in [0.15, 0.2) is 0 Å². The number of fused-ring (bicyclic) bond motifs is 1. The van der Waals surface area contributed by atoms with Gasteiger partial charge in [0.25, 0.3) is 5.91 Å². The average molecular weight is 435 g/mol. The first-order valence-corrected chi connectivity index (χ1v) is 9.37. The molecule has 0 bridgehead atoms. The van der Waals surface area contributed by atoms with Crippen molar-refractivity contribution in [3.8, 4) is 5.75 Å². The number of alkyl halides is 3. The zero-order valence-electron chi connectivity index (χ0n) is 16.8. The molecule has 0 unspecified atom stereocenters. The Kier molecular flexibility index (Phi) is 6.19. The van der Waals surface area contributed by atoms with E-state index < -0.39 is 30.0 Å². The number of carbonyl (C=O) groups excluding carboxylic acids is 3. The molecule has 31 heavy (non-hydrogen) atoms. The molecule has 0 saturated heterocycles. The largest absolute Gasteiger partial charge is 0.573 e. The predicted molar refractivity (Wildman–Crippen MR) is 107 cm³/mol. The number of hydrogen-bond donors (Lipinski definition) is 1. The van der Waals surface area contributed by atoms with E-state index in [1.54, 1.807) is 31.2 Å². The standard InChI is InChI=1S/C21H20F3N3O4/c1-13-11-18(28)25-16-5-3-4-6-17(16)27(13)19(29)12-26(2)20(30)14-7-9-15(10-8-14)31-21(22,23)24/h3-10,13H,11-12H2,1-2H3,(H,25,28)/t13-/m0/s1. The van der Waals surface area contributed by atoms with Crippen LogP contribution in [0.4, 0.5) is 24.5 Å². The second-order valence-electron chi connectivity index (χ2n) is 7.12. The van der Waals surface area contributed by atoms with Crippen molar-refractivity contribution in [3.05, 3.63) is 54.1 Å². The first-order chi connectivity index (χ1) is 14.5. The summed E-state index contributed by atoms with van der Waals surface area (Å²) >= 11 is 0. The molecule has 0 spiro atoms. The van der Waals surface area contributed by atoms with Gasteiger partial charge in [-0.05, 0) is 43.3 Å². The number of para-hydroxylation sites is 2. The van der Waals surface area contributed by atoms with Crippen LogP contribution in [-0.4, -0.2) is 48.6 Å². The highest BCUT2D eigenvalue weighted by molar-refractivity contribution is 6.06. The van der Waals surface area contributed by atoms with Gasteiger partial charge in [0.2, 0.25) is 11.8 Å². The zero-order valence-corrected chi connectivity index (χ0v) is 16.8. The van der Waals surface area contributed by atoms with Gasteiger partial charge in [-0.1, -0.05) is 12.1 Å². The molecule has 0 aromatic heterocycles. The number of carbonyl (C=O) groups is 3. The van der Waals surface area contributed by atoms with Gasteiger partial charge in [0.05, 0.1) is 11.4 Å². The zero-order chi connectivity index (χ0) is 22.8. The molecule has 2 aromatic carbocycles. The van der Waals surface area contributed by atoms with Gasteiger partial charge >= 0.3 is 6.36 Å². The molecule has 1 aliphatic rings. The molecule has 0 fully saturated rings. The first-order valence-electron chi connectivity index (χ1n) is 9.37. The summed E-state index contributed by atoms with van der Waals surface area (Å²) in [6.45, 7) is 1.45. The highest BCUT2D eigenvalue weighted by atomic mass is 19.4. The van der Waals surface area contributed by atoms with Crippen LogP contribution in [0.15, 0.2) is 48.5 Å². The Hall–Kier alpha value is -3.56. The molecule has 0 radical (unpaired) electrons. The lowest BCUT2D eigenvalue weighted by molar-refractivity contribution is -0.274. The van der Waals surface area contributed by atoms with E-state index in [2.05, 4.69) is 10.1 Å². The predicted octanol–water partition coefficient (Wildman–Crippen LogP) is 3.42. The van der Waals surface area contributed by atoms with E-state index in [1.807, 2.05) is 0 Å². The molecule has 3 amide bonds. The van der Waals surface area contributed by atoms with Crippen molar-refractivity contribution in [3.63, 3.8) is 0 Å². The second-order valence-corrected chi connectivity index (χ2v) is 7.12. The van der Waals surface area contributed by atoms with Crippen LogP contribution >= 0.6 is 0 Å². The third kappa shape index (κ3) is 5.33. The summed E-state index contributed by atoms with van der Waals surface area (Å²) in [6.07, 6.45) is -4.73.